The van der Waals surface area contributed by atoms with Crippen LogP contribution in [-0.4, -0.2) is 170 Å². The smallest absolute Gasteiger partial charge is 0.270 e. The molecule has 15 atom stereocenters. The van der Waals surface area contributed by atoms with Crippen molar-refractivity contribution in [3.05, 3.63) is 41.2 Å². The molecular weight excluding hydrogens is 704 g/mol. The molecule has 6 rings (SSSR count). The van der Waals surface area contributed by atoms with E-state index in [2.05, 4.69) is 4.74 Å². The monoisotopic (exact) mass is 745 g/mol. The van der Waals surface area contributed by atoms with Crippen LogP contribution < -0.4 is 0 Å². The zero-order chi connectivity index (χ0) is 37.8. The molecule has 0 spiro atoms. The zero-order valence-corrected chi connectivity index (χ0v) is 27.2. The summed E-state index contributed by atoms with van der Waals surface area (Å²) in [6, 6.07) is 4.29. The Labute approximate surface area is 293 Å². The van der Waals surface area contributed by atoms with Gasteiger partial charge in [-0.15, -0.1) is 0 Å². The lowest BCUT2D eigenvalue weighted by atomic mass is 9.97. The summed E-state index contributed by atoms with van der Waals surface area (Å²) in [6.07, 6.45) is -23.1. The van der Waals surface area contributed by atoms with E-state index in [0.717, 1.165) is 18.2 Å². The summed E-state index contributed by atoms with van der Waals surface area (Å²) in [5.41, 5.74) is 0.0224. The maximum Gasteiger partial charge on any atom is 0.270 e. The van der Waals surface area contributed by atoms with Gasteiger partial charge in [-0.1, -0.05) is 0 Å². The van der Waals surface area contributed by atoms with Crippen LogP contribution in [0.5, 0.6) is 34.5 Å². The van der Waals surface area contributed by atoms with Crippen LogP contribution in [0.15, 0.2) is 30.0 Å². The van der Waals surface area contributed by atoms with Crippen LogP contribution in [0.25, 0.3) is 6.08 Å². The minimum absolute atomic E-state index is 0.00252. The first-order chi connectivity index (χ1) is 24.5. The average molecular weight is 746 g/mol. The molecule has 4 heterocycles. The van der Waals surface area contributed by atoms with E-state index in [0.29, 0.717) is 0 Å². The van der Waals surface area contributed by atoms with Crippen molar-refractivity contribution in [1.29, 1.82) is 0 Å². The highest BCUT2D eigenvalue weighted by Gasteiger charge is 2.52. The molecule has 52 heavy (non-hydrogen) atoms. The van der Waals surface area contributed by atoms with Gasteiger partial charge < -0.3 is 99.5 Å². The molecule has 0 amide bonds. The maximum atomic E-state index is 11.4. The van der Waals surface area contributed by atoms with Crippen LogP contribution >= 0.6 is 0 Å². The van der Waals surface area contributed by atoms with Crippen molar-refractivity contribution in [1.82, 2.24) is 0 Å². The molecule has 4 aliphatic rings. The summed E-state index contributed by atoms with van der Waals surface area (Å²) in [5.74, 6) is -3.34. The van der Waals surface area contributed by atoms with Gasteiger partial charge in [-0.2, -0.15) is 0 Å². The van der Waals surface area contributed by atoms with Gasteiger partial charge in [0.1, 0.15) is 72.0 Å². The summed E-state index contributed by atoms with van der Waals surface area (Å²) in [5, 5.41) is 135. The number of aliphatic hydroxyl groups excluding tert-OH is 8. The van der Waals surface area contributed by atoms with Crippen molar-refractivity contribution >= 4 is 6.08 Å². The van der Waals surface area contributed by atoms with Crippen molar-refractivity contribution in [2.45, 2.75) is 99.0 Å². The quantitative estimate of drug-likeness (QED) is 0.0929. The molecule has 288 valence electrons. The van der Waals surface area contributed by atoms with E-state index in [1.54, 1.807) is 0 Å². The Morgan fingerprint density at radius 1 is 0.712 bits per heavy atom. The molecule has 0 aliphatic carbocycles. The van der Waals surface area contributed by atoms with E-state index < -0.39 is 128 Å². The molecule has 20 heteroatoms. The van der Waals surface area contributed by atoms with E-state index in [9.17, 15) is 66.4 Å². The molecule has 2 aromatic rings. The molecule has 0 saturated carbocycles. The number of benzene rings is 2. The number of rotatable bonds is 8. The molecule has 0 radical (unpaired) electrons. The Hall–Kier alpha value is -3.74. The predicted molar refractivity (Wildman–Crippen MR) is 166 cm³/mol. The van der Waals surface area contributed by atoms with E-state index in [1.807, 2.05) is 0 Å². The fraction of sp³-hybridized carbons (Fsp3) is 0.562. The van der Waals surface area contributed by atoms with Crippen LogP contribution in [0, 0.1) is 0 Å². The standard InChI is InChI=1S/C32H40O20/c1-9-20(38)24(42)27(45)30(48-9)47-8-19-23(41)25(43)29(52-31-26(44)22(40)16(37)7-46-31)32(51-19)50-18-6-12-13(34)4-11(33)5-17(12)49-28(18)10-2-14(35)21(39)15(36)3-10/h2-6,9,16,19-20,22-45H,7-8H2,1H3/p+1. The zero-order valence-electron chi connectivity index (χ0n) is 27.2. The number of phenolic OH excluding ortho intramolecular Hbond substituents is 5. The minimum Gasteiger partial charge on any atom is -0.571 e. The van der Waals surface area contributed by atoms with Crippen molar-refractivity contribution in [3.63, 3.8) is 0 Å². The molecule has 14 N–H and O–H groups in total. The van der Waals surface area contributed by atoms with Crippen LogP contribution in [0.4, 0.5) is 0 Å². The Morgan fingerprint density at radius 2 is 1.38 bits per heavy atom. The van der Waals surface area contributed by atoms with Gasteiger partial charge in [0.05, 0.1) is 30.9 Å². The summed E-state index contributed by atoms with van der Waals surface area (Å²) < 4.78 is 38.8. The van der Waals surface area contributed by atoms with Gasteiger partial charge in [0, 0.05) is 12.1 Å². The number of aliphatic hydroxyl groups is 9. The van der Waals surface area contributed by atoms with Gasteiger partial charge in [0.2, 0.25) is 6.29 Å². The molecule has 4 aliphatic heterocycles. The Morgan fingerprint density at radius 3 is 2.08 bits per heavy atom. The lowest BCUT2D eigenvalue weighted by Crippen LogP contribution is -2.63. The minimum atomic E-state index is -1.95. The van der Waals surface area contributed by atoms with Gasteiger partial charge >= 0.3 is 0 Å². The van der Waals surface area contributed by atoms with Crippen molar-refractivity contribution in [2.24, 2.45) is 0 Å². The number of phenols is 5. The van der Waals surface area contributed by atoms with Gasteiger partial charge in [-0.05, 0) is 19.1 Å². The van der Waals surface area contributed by atoms with Crippen molar-refractivity contribution < 1.29 is 99.5 Å². The second-order valence-electron chi connectivity index (χ2n) is 12.9. The second-order valence-corrected chi connectivity index (χ2v) is 12.9. The normalized spacial score (nSPS) is 39.2. The van der Waals surface area contributed by atoms with Gasteiger partial charge in [0.25, 0.3) is 11.9 Å². The van der Waals surface area contributed by atoms with Crippen LogP contribution in [-0.2, 0) is 28.4 Å². The number of ether oxygens (including phenoxy) is 7. The van der Waals surface area contributed by atoms with E-state index in [1.165, 1.54) is 19.1 Å². The second kappa shape index (κ2) is 14.9. The molecule has 15 unspecified atom stereocenters. The van der Waals surface area contributed by atoms with Crippen LogP contribution in [0.1, 0.15) is 24.2 Å². The van der Waals surface area contributed by atoms with Crippen LogP contribution in [0.3, 0.4) is 0 Å². The third-order valence-electron chi connectivity index (χ3n) is 9.23. The highest BCUT2D eigenvalue weighted by Crippen LogP contribution is 2.48. The maximum absolute atomic E-state index is 11.4. The Bertz CT molecular complexity index is 1600. The van der Waals surface area contributed by atoms with Crippen molar-refractivity contribution in [3.8, 4) is 34.5 Å². The summed E-state index contributed by atoms with van der Waals surface area (Å²) in [4.78, 5) is 0. The lowest BCUT2D eigenvalue weighted by molar-refractivity contribution is -0.360. The van der Waals surface area contributed by atoms with Gasteiger partial charge in [-0.3, -0.25) is 0 Å². The topological polar surface area (TPSA) is 331 Å². The first kappa shape index (κ1) is 38.0. The Balaban J connectivity index is 1.34. The fourth-order valence-corrected chi connectivity index (χ4v) is 6.22. The lowest BCUT2D eigenvalue weighted by Gasteiger charge is -2.45. The predicted octanol–water partition coefficient (Wildman–Crippen LogP) is -3.32. The molecule has 20 nitrogen and oxygen atoms in total. The van der Waals surface area contributed by atoms with Crippen LogP contribution in [0.2, 0.25) is 0 Å². The number of fused-ring (bicyclic) bond motifs is 1. The number of hydrogen-bond acceptors (Lipinski definition) is 19. The fourth-order valence-electron chi connectivity index (χ4n) is 6.22. The Kier molecular flexibility index (Phi) is 10.9. The largest absolute Gasteiger partial charge is 0.571 e. The number of hydrogen-bond donors (Lipinski definition) is 13. The molecular formula is C32H41O20+. The summed E-state index contributed by atoms with van der Waals surface area (Å²) in [6.45, 7) is 0.285. The highest BCUT2D eigenvalue weighted by atomic mass is 16.8. The first-order valence-electron chi connectivity index (χ1n) is 16.1. The molecule has 2 aromatic carbocycles. The first-order valence-corrected chi connectivity index (χ1v) is 16.1. The van der Waals surface area contributed by atoms with E-state index in [4.69, 9.17) is 28.4 Å². The molecule has 0 aromatic heterocycles. The third kappa shape index (κ3) is 7.26. The molecule has 0 bridgehead atoms. The summed E-state index contributed by atoms with van der Waals surface area (Å²) in [7, 11) is 0. The molecule has 3 saturated heterocycles. The van der Waals surface area contributed by atoms with Crippen molar-refractivity contribution in [2.75, 3.05) is 13.2 Å². The average Bonchev–Trinajstić information content (AvgIpc) is 3.10. The third-order valence-corrected chi connectivity index (χ3v) is 9.23. The SMILES string of the molecule is CC1OC(OCC2OC(OC3=Cc4c(O)cc(O)cc4[OH+]C3c3cc(O)c(O)c(O)c3)C(OC3OCC(O)C(O)C3O)C(O)C2O)C(O)C(O)C1O. The molecule has 3 fully saturated rings. The van der Waals surface area contributed by atoms with Gasteiger partial charge in [0.15, 0.2) is 41.7 Å². The van der Waals surface area contributed by atoms with E-state index in [-0.39, 0.29) is 28.4 Å². The highest BCUT2D eigenvalue weighted by molar-refractivity contribution is 5.69. The van der Waals surface area contributed by atoms with E-state index >= 15 is 0 Å². The number of aromatic hydroxyl groups is 6. The summed E-state index contributed by atoms with van der Waals surface area (Å²) >= 11 is 0. The van der Waals surface area contributed by atoms with Gasteiger partial charge in [-0.25, -0.2) is 0 Å².